The summed E-state index contributed by atoms with van der Waals surface area (Å²) in [5.41, 5.74) is 0.513. The highest BCUT2D eigenvalue weighted by Gasteiger charge is 2.62. The van der Waals surface area contributed by atoms with Gasteiger partial charge in [-0.3, -0.25) is 9.59 Å². The van der Waals surface area contributed by atoms with Crippen LogP contribution in [0.2, 0.25) is 0 Å². The molecule has 3 aliphatic rings. The molecule has 3 saturated heterocycles. The molecule has 4 unspecified atom stereocenters. The van der Waals surface area contributed by atoms with E-state index in [4.69, 9.17) is 28.1 Å². The number of benzene rings is 1. The Kier molecular flexibility index (Phi) is 8.86. The second-order valence-corrected chi connectivity index (χ2v) is 11.5. The van der Waals surface area contributed by atoms with Crippen LogP contribution in [0.15, 0.2) is 28.7 Å². The second-order valence-electron chi connectivity index (χ2n) is 11.5. The minimum Gasteiger partial charge on any atom is -0.491 e. The average molecular weight is 578 g/mol. The Balaban J connectivity index is 1.29. The van der Waals surface area contributed by atoms with E-state index in [2.05, 4.69) is 10.2 Å². The van der Waals surface area contributed by atoms with E-state index < -0.39 is 42.0 Å². The number of carbonyl (C=O) groups is 2. The van der Waals surface area contributed by atoms with Crippen LogP contribution in [0.1, 0.15) is 30.8 Å². The van der Waals surface area contributed by atoms with Crippen molar-refractivity contribution in [3.05, 3.63) is 30.0 Å². The van der Waals surface area contributed by atoms with Crippen molar-refractivity contribution in [2.24, 2.45) is 5.92 Å². The lowest BCUT2D eigenvalue weighted by molar-refractivity contribution is -0.227. The quantitative estimate of drug-likeness (QED) is 0.425. The van der Waals surface area contributed by atoms with Gasteiger partial charge in [-0.15, -0.1) is 0 Å². The van der Waals surface area contributed by atoms with Crippen LogP contribution in [0, 0.1) is 5.92 Å². The minimum atomic E-state index is -1.40. The number of rotatable bonds is 10. The highest BCUT2D eigenvalue weighted by Crippen LogP contribution is 2.40. The number of nitrogens with one attached hydrogen (secondary N) is 1. The van der Waals surface area contributed by atoms with Gasteiger partial charge in [-0.05, 0) is 43.7 Å². The van der Waals surface area contributed by atoms with Gasteiger partial charge in [0.1, 0.15) is 55.0 Å². The number of carbonyl (C=O) groups excluding carboxylic acids is 2. The van der Waals surface area contributed by atoms with E-state index in [1.165, 1.54) is 19.1 Å². The number of methoxy groups -OCH3 is 2. The summed E-state index contributed by atoms with van der Waals surface area (Å²) in [4.78, 5) is 30.7. The van der Waals surface area contributed by atoms with Crippen LogP contribution in [-0.2, 0) is 23.7 Å². The molecule has 4 heterocycles. The van der Waals surface area contributed by atoms with Crippen LogP contribution in [0.4, 0.5) is 4.39 Å². The molecule has 0 aliphatic carbocycles. The number of nitrogens with zero attached hydrogens (tertiary/aromatic N) is 2. The van der Waals surface area contributed by atoms with Crippen LogP contribution < -0.4 is 10.1 Å². The summed E-state index contributed by atoms with van der Waals surface area (Å²) in [7, 11) is 4.93. The summed E-state index contributed by atoms with van der Waals surface area (Å²) in [6.45, 7) is 6.49. The molecule has 12 heteroatoms. The van der Waals surface area contributed by atoms with Crippen molar-refractivity contribution in [1.29, 1.82) is 0 Å². The fraction of sp³-hybridized carbons (Fsp3) is 0.655. The molecule has 3 fully saturated rings. The lowest BCUT2D eigenvalue weighted by Crippen LogP contribution is -2.58. The minimum absolute atomic E-state index is 0.00381. The SMILES string of the molecule is COC1(OC)COC2C(F)CN(C(=O)C(CC(C)C)NC(=O)c3cc4cc(OC[C@@H]5CN(C)CCO5)ccc4o3)C21. The average Bonchev–Trinajstić information content (AvgIpc) is 3.64. The Hall–Kier alpha value is -2.77. The summed E-state index contributed by atoms with van der Waals surface area (Å²) in [5, 5.41) is 3.52. The number of alkyl halides is 1. The van der Waals surface area contributed by atoms with E-state index in [-0.39, 0.29) is 30.9 Å². The molecule has 5 rings (SSSR count). The van der Waals surface area contributed by atoms with Gasteiger partial charge in [0.2, 0.25) is 11.7 Å². The topological polar surface area (TPSA) is 112 Å². The highest BCUT2D eigenvalue weighted by atomic mass is 19.1. The first-order chi connectivity index (χ1) is 19.6. The van der Waals surface area contributed by atoms with E-state index in [1.807, 2.05) is 20.9 Å². The number of amides is 2. The molecule has 11 nitrogen and oxygen atoms in total. The van der Waals surface area contributed by atoms with E-state index in [0.29, 0.717) is 36.4 Å². The van der Waals surface area contributed by atoms with Crippen molar-refractivity contribution in [3.8, 4) is 5.75 Å². The number of hydrogen-bond donors (Lipinski definition) is 1. The zero-order valence-electron chi connectivity index (χ0n) is 24.3. The largest absolute Gasteiger partial charge is 0.491 e. The summed E-state index contributed by atoms with van der Waals surface area (Å²) < 4.78 is 49.2. The number of likely N-dealkylation sites (tertiary alicyclic amines) is 1. The zero-order valence-corrected chi connectivity index (χ0v) is 24.3. The predicted molar refractivity (Wildman–Crippen MR) is 147 cm³/mol. The van der Waals surface area contributed by atoms with Gasteiger partial charge in [-0.2, -0.15) is 0 Å². The third-order valence-electron chi connectivity index (χ3n) is 8.08. The molecule has 5 atom stereocenters. The molecule has 3 aliphatic heterocycles. The maximum Gasteiger partial charge on any atom is 0.287 e. The highest BCUT2D eigenvalue weighted by molar-refractivity contribution is 5.99. The van der Waals surface area contributed by atoms with Crippen molar-refractivity contribution in [2.75, 3.05) is 60.7 Å². The van der Waals surface area contributed by atoms with Gasteiger partial charge in [-0.1, -0.05) is 13.8 Å². The summed E-state index contributed by atoms with van der Waals surface area (Å²) >= 11 is 0. The van der Waals surface area contributed by atoms with Gasteiger partial charge in [-0.25, -0.2) is 4.39 Å². The van der Waals surface area contributed by atoms with Gasteiger partial charge in [0.05, 0.1) is 13.2 Å². The Labute approximate surface area is 239 Å². The fourth-order valence-electron chi connectivity index (χ4n) is 5.93. The van der Waals surface area contributed by atoms with Crippen molar-refractivity contribution in [2.45, 2.75) is 56.5 Å². The number of morpholine rings is 1. The van der Waals surface area contributed by atoms with E-state index in [0.717, 1.165) is 13.1 Å². The number of ether oxygens (including phenoxy) is 5. The Morgan fingerprint density at radius 3 is 2.66 bits per heavy atom. The Morgan fingerprint density at radius 2 is 1.95 bits per heavy atom. The van der Waals surface area contributed by atoms with Crippen LogP contribution in [-0.4, -0.2) is 119 Å². The lowest BCUT2D eigenvalue weighted by atomic mass is 10.0. The van der Waals surface area contributed by atoms with Crippen LogP contribution in [0.3, 0.4) is 0 Å². The predicted octanol–water partition coefficient (Wildman–Crippen LogP) is 2.22. The number of halogens is 1. The molecule has 1 aromatic carbocycles. The first kappa shape index (κ1) is 29.7. The Bertz CT molecular complexity index is 1230. The van der Waals surface area contributed by atoms with Gasteiger partial charge < -0.3 is 43.2 Å². The smallest absolute Gasteiger partial charge is 0.287 e. The number of fused-ring (bicyclic) bond motifs is 2. The van der Waals surface area contributed by atoms with Crippen LogP contribution in [0.5, 0.6) is 5.75 Å². The van der Waals surface area contributed by atoms with Crippen LogP contribution >= 0.6 is 0 Å². The second kappa shape index (κ2) is 12.2. The van der Waals surface area contributed by atoms with Crippen LogP contribution in [0.25, 0.3) is 11.0 Å². The van der Waals surface area contributed by atoms with Crippen molar-refractivity contribution < 1.29 is 42.1 Å². The van der Waals surface area contributed by atoms with Gasteiger partial charge in [0, 0.05) is 32.7 Å². The van der Waals surface area contributed by atoms with Gasteiger partial charge in [0.15, 0.2) is 5.76 Å². The fourth-order valence-corrected chi connectivity index (χ4v) is 5.93. The molecule has 41 heavy (non-hydrogen) atoms. The van der Waals surface area contributed by atoms with Crippen molar-refractivity contribution in [3.63, 3.8) is 0 Å². The standard InChI is InChI=1S/C29H40FN3O8/c1-17(2)10-22(28(35)33-14-21(30)25-26(33)29(36-4,37-5)16-40-25)31-27(34)24-12-18-11-19(6-7-23(18)41-24)39-15-20-13-32(3)8-9-38-20/h6-7,11-12,17,20-22,25-26H,8-10,13-16H2,1-5H3,(H,31,34)/t20-,21?,22?,25?,26?/m0/s1. The monoisotopic (exact) mass is 577 g/mol. The first-order valence-electron chi connectivity index (χ1n) is 14.1. The van der Waals surface area contributed by atoms with Gasteiger partial charge in [0.25, 0.3) is 5.91 Å². The molecule has 2 aromatic rings. The molecule has 1 aromatic heterocycles. The molecule has 226 valence electrons. The summed E-state index contributed by atoms with van der Waals surface area (Å²) in [6.07, 6.45) is -1.94. The molecule has 0 bridgehead atoms. The first-order valence-corrected chi connectivity index (χ1v) is 14.1. The zero-order chi connectivity index (χ0) is 29.3. The van der Waals surface area contributed by atoms with E-state index >= 15 is 0 Å². The third kappa shape index (κ3) is 6.07. The molecule has 0 saturated carbocycles. The molecule has 2 amide bonds. The number of likely N-dealkylation sites (N-methyl/N-ethyl adjacent to an activating group) is 1. The maximum atomic E-state index is 14.9. The summed E-state index contributed by atoms with van der Waals surface area (Å²) in [5.74, 6) is -1.48. The van der Waals surface area contributed by atoms with Gasteiger partial charge >= 0.3 is 0 Å². The Morgan fingerprint density at radius 1 is 1.17 bits per heavy atom. The normalized spacial score (nSPS) is 26.9. The third-order valence-corrected chi connectivity index (χ3v) is 8.08. The molecular formula is C29H40FN3O8. The van der Waals surface area contributed by atoms with E-state index in [9.17, 15) is 14.0 Å². The van der Waals surface area contributed by atoms with E-state index in [1.54, 1.807) is 24.3 Å². The molecule has 0 spiro atoms. The summed E-state index contributed by atoms with van der Waals surface area (Å²) in [6, 6.07) is 5.25. The van der Waals surface area contributed by atoms with Crippen molar-refractivity contribution >= 4 is 22.8 Å². The lowest BCUT2D eigenvalue weighted by Gasteiger charge is -2.37. The molecule has 1 N–H and O–H groups in total. The molecular weight excluding hydrogens is 537 g/mol. The maximum absolute atomic E-state index is 14.9. The van der Waals surface area contributed by atoms with Crippen molar-refractivity contribution in [1.82, 2.24) is 15.1 Å². The number of hydrogen-bond acceptors (Lipinski definition) is 9. The number of furan rings is 1. The molecule has 0 radical (unpaired) electrons.